The van der Waals surface area contributed by atoms with Gasteiger partial charge in [0.1, 0.15) is 0 Å². The Morgan fingerprint density at radius 1 is 1.35 bits per heavy atom. The molecule has 0 spiro atoms. The molecule has 0 radical (unpaired) electrons. The third-order valence-corrected chi connectivity index (χ3v) is 3.11. The second kappa shape index (κ2) is 4.84. The average Bonchev–Trinajstić information content (AvgIpc) is 2.41. The smallest absolute Gasteiger partial charge is 0.0825 e. The van der Waals surface area contributed by atoms with Crippen molar-refractivity contribution in [2.75, 3.05) is 0 Å². The average molecular weight is 221 g/mol. The molecule has 0 saturated heterocycles. The zero-order valence-corrected chi connectivity index (χ0v) is 9.76. The Hall–Kier alpha value is -2.07. The van der Waals surface area contributed by atoms with E-state index in [0.29, 0.717) is 6.42 Å². The number of hydrogen-bond donors (Lipinski definition) is 0. The van der Waals surface area contributed by atoms with Crippen LogP contribution in [0.25, 0.3) is 5.57 Å². The Labute approximate surface area is 102 Å². The summed E-state index contributed by atoms with van der Waals surface area (Å²) in [6.45, 7) is 3.72. The van der Waals surface area contributed by atoms with Crippen LogP contribution in [-0.2, 0) is 0 Å². The minimum Gasteiger partial charge on any atom is -0.197 e. The summed E-state index contributed by atoms with van der Waals surface area (Å²) >= 11 is 0. The van der Waals surface area contributed by atoms with Gasteiger partial charge in [-0.15, -0.1) is 6.58 Å². The zero-order chi connectivity index (χ0) is 12.1. The van der Waals surface area contributed by atoms with Gasteiger partial charge in [0.05, 0.1) is 11.5 Å². The fourth-order valence-electron chi connectivity index (χ4n) is 2.06. The van der Waals surface area contributed by atoms with Crippen LogP contribution >= 0.6 is 0 Å². The van der Waals surface area contributed by atoms with E-state index >= 15 is 0 Å². The lowest BCUT2D eigenvalue weighted by molar-refractivity contribution is 0.520. The second-order valence-electron chi connectivity index (χ2n) is 4.32. The third-order valence-electron chi connectivity index (χ3n) is 3.11. The predicted molar refractivity (Wildman–Crippen MR) is 71.0 cm³/mol. The topological polar surface area (TPSA) is 23.8 Å². The van der Waals surface area contributed by atoms with E-state index < -0.39 is 0 Å². The molecule has 17 heavy (non-hydrogen) atoms. The lowest BCUT2D eigenvalue weighted by Gasteiger charge is -2.23. The van der Waals surface area contributed by atoms with Crippen molar-refractivity contribution in [2.24, 2.45) is 5.41 Å². The Bertz CT molecular complexity index is 502. The first-order valence-corrected chi connectivity index (χ1v) is 5.77. The summed E-state index contributed by atoms with van der Waals surface area (Å²) in [5, 5.41) is 9.25. The molecule has 0 heterocycles. The highest BCUT2D eigenvalue weighted by atomic mass is 14.4. The molecular weight excluding hydrogens is 206 g/mol. The van der Waals surface area contributed by atoms with Crippen molar-refractivity contribution in [2.45, 2.75) is 12.8 Å². The molecule has 1 nitrogen and oxygen atoms in total. The van der Waals surface area contributed by atoms with E-state index in [9.17, 15) is 5.26 Å². The van der Waals surface area contributed by atoms with Crippen LogP contribution in [0.15, 0.2) is 61.2 Å². The molecule has 1 aliphatic rings. The number of hydrogen-bond acceptors (Lipinski definition) is 1. The van der Waals surface area contributed by atoms with Crippen molar-refractivity contribution >= 4 is 5.57 Å². The van der Waals surface area contributed by atoms with Crippen molar-refractivity contribution < 1.29 is 0 Å². The fraction of sp³-hybridized carbons (Fsp3) is 0.188. The highest BCUT2D eigenvalue weighted by molar-refractivity contribution is 5.75. The van der Waals surface area contributed by atoms with Crippen LogP contribution in [0, 0.1) is 16.7 Å². The molecule has 1 atom stereocenters. The van der Waals surface area contributed by atoms with Gasteiger partial charge in [-0.25, -0.2) is 0 Å². The molecule has 1 aromatic carbocycles. The first kappa shape index (κ1) is 11.4. The molecule has 0 aliphatic heterocycles. The standard InChI is InChI=1S/C16H15N/c1-2-10-16(13-17)11-8-15(9-12-16)14-6-4-3-5-7-14/h2-9,11H,1,10,12H2. The number of nitrogens with zero attached hydrogens (tertiary/aromatic N) is 1. The lowest BCUT2D eigenvalue weighted by atomic mass is 9.78. The van der Waals surface area contributed by atoms with Gasteiger partial charge in [0, 0.05) is 0 Å². The molecule has 0 fully saturated rings. The summed E-state index contributed by atoms with van der Waals surface area (Å²) in [5.74, 6) is 0. The number of nitriles is 1. The first-order chi connectivity index (χ1) is 8.29. The van der Waals surface area contributed by atoms with Crippen LogP contribution in [0.3, 0.4) is 0 Å². The van der Waals surface area contributed by atoms with Gasteiger partial charge in [0.2, 0.25) is 0 Å². The van der Waals surface area contributed by atoms with Crippen molar-refractivity contribution in [3.05, 3.63) is 66.8 Å². The molecule has 0 amide bonds. The summed E-state index contributed by atoms with van der Waals surface area (Å²) in [4.78, 5) is 0. The van der Waals surface area contributed by atoms with Gasteiger partial charge < -0.3 is 0 Å². The van der Waals surface area contributed by atoms with Crippen molar-refractivity contribution in [3.8, 4) is 6.07 Å². The van der Waals surface area contributed by atoms with Gasteiger partial charge >= 0.3 is 0 Å². The minimum absolute atomic E-state index is 0.389. The van der Waals surface area contributed by atoms with Gasteiger partial charge in [-0.05, 0) is 24.0 Å². The molecule has 1 aliphatic carbocycles. The number of allylic oxidation sites excluding steroid dienone is 5. The number of rotatable bonds is 3. The molecule has 0 aromatic heterocycles. The largest absolute Gasteiger partial charge is 0.197 e. The van der Waals surface area contributed by atoms with Gasteiger partial charge in [-0.1, -0.05) is 54.6 Å². The fourth-order valence-corrected chi connectivity index (χ4v) is 2.06. The Morgan fingerprint density at radius 3 is 2.65 bits per heavy atom. The van der Waals surface area contributed by atoms with Crippen LogP contribution in [0.5, 0.6) is 0 Å². The molecule has 1 aromatic rings. The van der Waals surface area contributed by atoms with E-state index in [1.54, 1.807) is 0 Å². The van der Waals surface area contributed by atoms with Crippen LogP contribution in [-0.4, -0.2) is 0 Å². The zero-order valence-electron chi connectivity index (χ0n) is 9.76. The molecular formula is C16H15N. The molecule has 1 unspecified atom stereocenters. The monoisotopic (exact) mass is 221 g/mol. The maximum atomic E-state index is 9.25. The second-order valence-corrected chi connectivity index (χ2v) is 4.32. The van der Waals surface area contributed by atoms with E-state index in [1.165, 1.54) is 11.1 Å². The maximum Gasteiger partial charge on any atom is 0.0825 e. The Kier molecular flexibility index (Phi) is 3.25. The summed E-state index contributed by atoms with van der Waals surface area (Å²) in [6, 6.07) is 12.6. The molecule has 0 N–H and O–H groups in total. The third kappa shape index (κ3) is 2.37. The van der Waals surface area contributed by atoms with Gasteiger partial charge in [-0.2, -0.15) is 5.26 Å². The summed E-state index contributed by atoms with van der Waals surface area (Å²) < 4.78 is 0. The Balaban J connectivity index is 2.22. The van der Waals surface area contributed by atoms with E-state index in [1.807, 2.05) is 36.4 Å². The quantitative estimate of drug-likeness (QED) is 0.704. The first-order valence-electron chi connectivity index (χ1n) is 5.77. The summed E-state index contributed by atoms with van der Waals surface area (Å²) in [5.41, 5.74) is 2.01. The van der Waals surface area contributed by atoms with Crippen molar-refractivity contribution in [1.82, 2.24) is 0 Å². The van der Waals surface area contributed by atoms with Gasteiger partial charge in [0.25, 0.3) is 0 Å². The molecule has 0 bridgehead atoms. The molecule has 84 valence electrons. The predicted octanol–water partition coefficient (Wildman–Crippen LogP) is 4.12. The van der Waals surface area contributed by atoms with Crippen LogP contribution < -0.4 is 0 Å². The van der Waals surface area contributed by atoms with E-state index in [2.05, 4.69) is 30.9 Å². The van der Waals surface area contributed by atoms with Crippen molar-refractivity contribution in [1.29, 1.82) is 5.26 Å². The summed E-state index contributed by atoms with van der Waals surface area (Å²) in [6.07, 6.45) is 9.48. The van der Waals surface area contributed by atoms with Crippen LogP contribution in [0.1, 0.15) is 18.4 Å². The van der Waals surface area contributed by atoms with E-state index in [4.69, 9.17) is 0 Å². The lowest BCUT2D eigenvalue weighted by Crippen LogP contribution is -2.15. The van der Waals surface area contributed by atoms with E-state index in [-0.39, 0.29) is 5.41 Å². The van der Waals surface area contributed by atoms with E-state index in [0.717, 1.165) is 6.42 Å². The minimum atomic E-state index is -0.389. The van der Waals surface area contributed by atoms with Crippen molar-refractivity contribution in [3.63, 3.8) is 0 Å². The van der Waals surface area contributed by atoms with Gasteiger partial charge in [-0.3, -0.25) is 0 Å². The highest BCUT2D eigenvalue weighted by Crippen LogP contribution is 2.35. The maximum absolute atomic E-state index is 9.25. The highest BCUT2D eigenvalue weighted by Gasteiger charge is 2.26. The SMILES string of the molecule is C=CCC1(C#N)C=CC(c2ccccc2)=CC1. The number of benzene rings is 1. The Morgan fingerprint density at radius 2 is 2.12 bits per heavy atom. The van der Waals surface area contributed by atoms with Gasteiger partial charge in [0.15, 0.2) is 0 Å². The normalized spacial score (nSPS) is 22.6. The van der Waals surface area contributed by atoms with Crippen LogP contribution in [0.4, 0.5) is 0 Å². The molecule has 1 heteroatoms. The summed E-state index contributed by atoms with van der Waals surface area (Å²) in [7, 11) is 0. The molecule has 2 rings (SSSR count). The van der Waals surface area contributed by atoms with Crippen LogP contribution in [0.2, 0.25) is 0 Å². The molecule has 0 saturated carbocycles.